The van der Waals surface area contributed by atoms with E-state index in [2.05, 4.69) is 20.1 Å². The normalized spacial score (nSPS) is 9.87. The van der Waals surface area contributed by atoms with Gasteiger partial charge in [0.25, 0.3) is 0 Å². The van der Waals surface area contributed by atoms with Gasteiger partial charge >= 0.3 is 11.9 Å². The van der Waals surface area contributed by atoms with Crippen molar-refractivity contribution in [3.63, 3.8) is 0 Å². The molecular formula is C15H20N2O5S. The summed E-state index contributed by atoms with van der Waals surface area (Å²) in [5.74, 6) is -1.12. The van der Waals surface area contributed by atoms with E-state index < -0.39 is 11.9 Å². The molecule has 126 valence electrons. The van der Waals surface area contributed by atoms with Crippen LogP contribution in [0.3, 0.4) is 0 Å². The largest absolute Gasteiger partial charge is 0.465 e. The molecule has 0 aliphatic carbocycles. The van der Waals surface area contributed by atoms with E-state index >= 15 is 0 Å². The molecule has 0 amide bonds. The Labute approximate surface area is 140 Å². The summed E-state index contributed by atoms with van der Waals surface area (Å²) in [6.45, 7) is 1.26. The molecule has 1 rings (SSSR count). The molecule has 7 nitrogen and oxygen atoms in total. The number of carbonyl (C=O) groups excluding carboxylic acids is 2. The van der Waals surface area contributed by atoms with Crippen LogP contribution in [0.15, 0.2) is 18.2 Å². The third-order valence-corrected chi connectivity index (χ3v) is 3.09. The number of ether oxygens (including phenoxy) is 3. The molecule has 0 heterocycles. The predicted molar refractivity (Wildman–Crippen MR) is 89.8 cm³/mol. The van der Waals surface area contributed by atoms with E-state index in [9.17, 15) is 9.59 Å². The van der Waals surface area contributed by atoms with Crippen molar-refractivity contribution in [2.45, 2.75) is 6.42 Å². The van der Waals surface area contributed by atoms with Crippen LogP contribution in [0.2, 0.25) is 0 Å². The maximum absolute atomic E-state index is 11.7. The van der Waals surface area contributed by atoms with Crippen LogP contribution in [0.4, 0.5) is 5.69 Å². The van der Waals surface area contributed by atoms with Gasteiger partial charge in [-0.05, 0) is 36.8 Å². The van der Waals surface area contributed by atoms with Crippen molar-refractivity contribution < 1.29 is 23.8 Å². The van der Waals surface area contributed by atoms with Gasteiger partial charge < -0.3 is 24.8 Å². The molecule has 0 aliphatic heterocycles. The summed E-state index contributed by atoms with van der Waals surface area (Å²) in [7, 11) is 4.16. The number of carbonyl (C=O) groups is 2. The second-order valence-electron chi connectivity index (χ2n) is 4.51. The summed E-state index contributed by atoms with van der Waals surface area (Å²) in [4.78, 5) is 23.4. The molecule has 23 heavy (non-hydrogen) atoms. The van der Waals surface area contributed by atoms with Crippen molar-refractivity contribution in [3.8, 4) is 0 Å². The number of hydrogen-bond donors (Lipinski definition) is 2. The fourth-order valence-electron chi connectivity index (χ4n) is 1.76. The Morgan fingerprint density at radius 3 is 2.09 bits per heavy atom. The highest BCUT2D eigenvalue weighted by Gasteiger charge is 2.14. The second-order valence-corrected chi connectivity index (χ2v) is 4.92. The molecule has 0 saturated heterocycles. The van der Waals surface area contributed by atoms with Crippen LogP contribution >= 0.6 is 12.2 Å². The molecule has 0 saturated carbocycles. The number of esters is 2. The molecule has 0 aromatic heterocycles. The molecule has 0 radical (unpaired) electrons. The minimum atomic E-state index is -0.558. The fourth-order valence-corrected chi connectivity index (χ4v) is 1.98. The summed E-state index contributed by atoms with van der Waals surface area (Å²) in [5, 5.41) is 6.29. The van der Waals surface area contributed by atoms with Crippen LogP contribution in [0.25, 0.3) is 0 Å². The lowest BCUT2D eigenvalue weighted by Gasteiger charge is -2.12. The Hall–Kier alpha value is -2.19. The fraction of sp³-hybridized carbons (Fsp3) is 0.400. The van der Waals surface area contributed by atoms with Gasteiger partial charge in [-0.2, -0.15) is 0 Å². The zero-order chi connectivity index (χ0) is 17.2. The minimum absolute atomic E-state index is 0.222. The molecule has 0 unspecified atom stereocenters. The molecule has 1 aromatic carbocycles. The van der Waals surface area contributed by atoms with E-state index in [0.717, 1.165) is 6.42 Å². The van der Waals surface area contributed by atoms with Gasteiger partial charge in [0.2, 0.25) is 0 Å². The number of thiocarbonyl (C=S) groups is 1. The summed E-state index contributed by atoms with van der Waals surface area (Å²) < 4.78 is 14.3. The number of benzene rings is 1. The Bertz CT molecular complexity index is 543. The molecule has 2 N–H and O–H groups in total. The Kier molecular flexibility index (Phi) is 8.00. The van der Waals surface area contributed by atoms with E-state index in [0.29, 0.717) is 24.0 Å². The van der Waals surface area contributed by atoms with Crippen LogP contribution in [0, 0.1) is 0 Å². The summed E-state index contributed by atoms with van der Waals surface area (Å²) in [6, 6.07) is 4.49. The van der Waals surface area contributed by atoms with Crippen molar-refractivity contribution in [3.05, 3.63) is 29.3 Å². The van der Waals surface area contributed by atoms with E-state index in [-0.39, 0.29) is 11.1 Å². The van der Waals surface area contributed by atoms with Crippen LogP contribution in [-0.4, -0.2) is 51.5 Å². The number of anilines is 1. The van der Waals surface area contributed by atoms with Gasteiger partial charge in [0, 0.05) is 25.9 Å². The lowest BCUT2D eigenvalue weighted by atomic mass is 10.1. The molecular weight excluding hydrogens is 320 g/mol. The zero-order valence-electron chi connectivity index (χ0n) is 13.3. The molecule has 0 aliphatic rings. The Morgan fingerprint density at radius 2 is 1.61 bits per heavy atom. The smallest absolute Gasteiger partial charge is 0.337 e. The van der Waals surface area contributed by atoms with Crippen molar-refractivity contribution in [2.75, 3.05) is 39.8 Å². The number of hydrogen-bond acceptors (Lipinski definition) is 6. The summed E-state index contributed by atoms with van der Waals surface area (Å²) in [6.07, 6.45) is 0.800. The molecule has 0 atom stereocenters. The molecule has 1 aromatic rings. The molecule has 0 spiro atoms. The minimum Gasteiger partial charge on any atom is -0.465 e. The second kappa shape index (κ2) is 9.75. The van der Waals surface area contributed by atoms with Gasteiger partial charge in [0.15, 0.2) is 5.11 Å². The van der Waals surface area contributed by atoms with Crippen LogP contribution < -0.4 is 10.6 Å². The summed E-state index contributed by atoms with van der Waals surface area (Å²) in [5.41, 5.74) is 0.928. The monoisotopic (exact) mass is 340 g/mol. The molecule has 0 bridgehead atoms. The maximum Gasteiger partial charge on any atom is 0.337 e. The highest BCUT2D eigenvalue weighted by Crippen LogP contribution is 2.17. The SMILES string of the molecule is COCCCNC(=S)Nc1cc(C(=O)OC)cc(C(=O)OC)c1. The standard InChI is InChI=1S/C15H20N2O5S/c1-20-6-4-5-16-15(23)17-12-8-10(13(18)21-2)7-11(9-12)14(19)22-3/h7-9H,4-6H2,1-3H3,(H2,16,17,23). The third-order valence-electron chi connectivity index (χ3n) is 2.84. The maximum atomic E-state index is 11.7. The van der Waals surface area contributed by atoms with Crippen molar-refractivity contribution in [1.82, 2.24) is 5.32 Å². The zero-order valence-corrected chi connectivity index (χ0v) is 14.1. The van der Waals surface area contributed by atoms with E-state index in [1.54, 1.807) is 19.2 Å². The van der Waals surface area contributed by atoms with E-state index in [4.69, 9.17) is 17.0 Å². The lowest BCUT2D eigenvalue weighted by Crippen LogP contribution is -2.30. The Morgan fingerprint density at radius 1 is 1.04 bits per heavy atom. The van der Waals surface area contributed by atoms with Gasteiger partial charge in [-0.25, -0.2) is 9.59 Å². The van der Waals surface area contributed by atoms with Crippen molar-refractivity contribution in [2.24, 2.45) is 0 Å². The van der Waals surface area contributed by atoms with Crippen LogP contribution in [0.1, 0.15) is 27.1 Å². The lowest BCUT2D eigenvalue weighted by molar-refractivity contribution is 0.0599. The number of nitrogens with one attached hydrogen (secondary N) is 2. The van der Waals surface area contributed by atoms with E-state index in [1.807, 2.05) is 0 Å². The number of rotatable bonds is 7. The summed E-state index contributed by atoms with van der Waals surface area (Å²) >= 11 is 5.16. The van der Waals surface area contributed by atoms with E-state index in [1.165, 1.54) is 20.3 Å². The van der Waals surface area contributed by atoms with Gasteiger partial charge in [-0.15, -0.1) is 0 Å². The van der Waals surface area contributed by atoms with Crippen molar-refractivity contribution in [1.29, 1.82) is 0 Å². The highest BCUT2D eigenvalue weighted by atomic mass is 32.1. The first-order valence-corrected chi connectivity index (χ1v) is 7.28. The van der Waals surface area contributed by atoms with Crippen LogP contribution in [-0.2, 0) is 14.2 Å². The topological polar surface area (TPSA) is 85.9 Å². The average Bonchev–Trinajstić information content (AvgIpc) is 2.56. The van der Waals surface area contributed by atoms with Gasteiger partial charge in [0.05, 0.1) is 25.3 Å². The molecule has 8 heteroatoms. The first-order chi connectivity index (χ1) is 11.0. The van der Waals surface area contributed by atoms with Gasteiger partial charge in [-0.1, -0.05) is 0 Å². The Balaban J connectivity index is 2.85. The van der Waals surface area contributed by atoms with Crippen molar-refractivity contribution >= 4 is 35.0 Å². The molecule has 0 fully saturated rings. The highest BCUT2D eigenvalue weighted by molar-refractivity contribution is 7.80. The predicted octanol–water partition coefficient (Wildman–Crippen LogP) is 1.58. The third kappa shape index (κ3) is 6.21. The van der Waals surface area contributed by atoms with Crippen LogP contribution in [0.5, 0.6) is 0 Å². The average molecular weight is 340 g/mol. The van der Waals surface area contributed by atoms with Gasteiger partial charge in [0.1, 0.15) is 0 Å². The number of methoxy groups -OCH3 is 3. The first kappa shape index (κ1) is 18.9. The first-order valence-electron chi connectivity index (χ1n) is 6.87. The van der Waals surface area contributed by atoms with Gasteiger partial charge in [-0.3, -0.25) is 0 Å². The quantitative estimate of drug-likeness (QED) is 0.440.